The zero-order valence-electron chi connectivity index (χ0n) is 15.6. The van der Waals surface area contributed by atoms with Crippen LogP contribution in [0.4, 0.5) is 11.4 Å². The third-order valence-electron chi connectivity index (χ3n) is 3.95. The highest BCUT2D eigenvalue weighted by Gasteiger charge is 2.15. The van der Waals surface area contributed by atoms with E-state index in [9.17, 15) is 13.2 Å². The molecule has 0 unspecified atom stereocenters. The number of anilines is 2. The fraction of sp³-hybridized carbons (Fsp3) is 0.0952. The lowest BCUT2D eigenvalue weighted by atomic mass is 10.2. The van der Waals surface area contributed by atoms with Crippen LogP contribution in [0.1, 0.15) is 17.3 Å². The highest BCUT2D eigenvalue weighted by atomic mass is 35.5. The molecule has 2 N–H and O–H groups in total. The van der Waals surface area contributed by atoms with Crippen molar-refractivity contribution in [2.75, 3.05) is 15.8 Å². The molecule has 0 spiro atoms. The maximum Gasteiger partial charge on any atom is 0.261 e. The van der Waals surface area contributed by atoms with E-state index in [0.717, 1.165) is 10.6 Å². The van der Waals surface area contributed by atoms with Crippen molar-refractivity contribution in [1.82, 2.24) is 0 Å². The summed E-state index contributed by atoms with van der Waals surface area (Å²) in [6.45, 7) is 2.02. The number of nitrogens with one attached hydrogen (secondary N) is 2. The van der Waals surface area contributed by atoms with E-state index in [2.05, 4.69) is 10.0 Å². The molecule has 0 aromatic heterocycles. The van der Waals surface area contributed by atoms with E-state index in [4.69, 9.17) is 11.6 Å². The maximum absolute atomic E-state index is 12.6. The van der Waals surface area contributed by atoms with Gasteiger partial charge in [0.05, 0.1) is 10.5 Å². The predicted molar refractivity (Wildman–Crippen MR) is 119 cm³/mol. The standard InChI is InChI=1S/C21H19ClN2O3S2/c1-2-28-20-6-4-3-5-19(20)21(25)23-16-11-13-18(14-12-16)29(26,27)24-17-9-7-15(22)8-10-17/h3-14,24H,2H2,1H3,(H,23,25). The molecule has 0 atom stereocenters. The van der Waals surface area contributed by atoms with Crippen LogP contribution in [0.15, 0.2) is 82.6 Å². The molecule has 29 heavy (non-hydrogen) atoms. The predicted octanol–water partition coefficient (Wildman–Crippen LogP) is 5.51. The summed E-state index contributed by atoms with van der Waals surface area (Å²) >= 11 is 7.41. The van der Waals surface area contributed by atoms with Crippen molar-refractivity contribution >= 4 is 50.7 Å². The lowest BCUT2D eigenvalue weighted by Gasteiger charge is -2.11. The van der Waals surface area contributed by atoms with Crippen LogP contribution in [-0.4, -0.2) is 20.1 Å². The Kier molecular flexibility index (Phi) is 6.84. The summed E-state index contributed by atoms with van der Waals surface area (Å²) in [5, 5.41) is 3.33. The van der Waals surface area contributed by atoms with E-state index in [-0.39, 0.29) is 10.8 Å². The molecule has 5 nitrogen and oxygen atoms in total. The molecule has 3 aromatic carbocycles. The van der Waals surface area contributed by atoms with Gasteiger partial charge in [-0.25, -0.2) is 8.42 Å². The number of hydrogen-bond donors (Lipinski definition) is 2. The van der Waals surface area contributed by atoms with Gasteiger partial charge in [0.25, 0.3) is 15.9 Å². The van der Waals surface area contributed by atoms with Gasteiger partial charge in [-0.1, -0.05) is 30.7 Å². The van der Waals surface area contributed by atoms with Crippen LogP contribution in [0.25, 0.3) is 0 Å². The summed E-state index contributed by atoms with van der Waals surface area (Å²) in [6.07, 6.45) is 0. The second-order valence-electron chi connectivity index (χ2n) is 6.02. The SMILES string of the molecule is CCSc1ccccc1C(=O)Nc1ccc(S(=O)(=O)Nc2ccc(Cl)cc2)cc1. The fourth-order valence-electron chi connectivity index (χ4n) is 2.58. The number of benzene rings is 3. The number of carbonyl (C=O) groups excluding carboxylic acids is 1. The van der Waals surface area contributed by atoms with E-state index in [1.165, 1.54) is 12.1 Å². The van der Waals surface area contributed by atoms with Crippen LogP contribution >= 0.6 is 23.4 Å². The molecule has 0 saturated heterocycles. The molecule has 0 saturated carbocycles. The van der Waals surface area contributed by atoms with Crippen molar-refractivity contribution in [3.05, 3.63) is 83.4 Å². The first-order valence-corrected chi connectivity index (χ1v) is 11.7. The Hall–Kier alpha value is -2.48. The average Bonchev–Trinajstić information content (AvgIpc) is 2.70. The normalized spacial score (nSPS) is 11.1. The second-order valence-corrected chi connectivity index (χ2v) is 9.44. The van der Waals surface area contributed by atoms with E-state index < -0.39 is 10.0 Å². The molecule has 8 heteroatoms. The lowest BCUT2D eigenvalue weighted by Crippen LogP contribution is -2.14. The molecule has 0 heterocycles. The minimum Gasteiger partial charge on any atom is -0.322 e. The van der Waals surface area contributed by atoms with Gasteiger partial charge in [0, 0.05) is 21.3 Å². The molecule has 1 amide bonds. The van der Waals surface area contributed by atoms with E-state index in [1.807, 2.05) is 25.1 Å². The zero-order valence-corrected chi connectivity index (χ0v) is 17.9. The highest BCUT2D eigenvalue weighted by Crippen LogP contribution is 2.24. The molecule has 0 radical (unpaired) electrons. The summed E-state index contributed by atoms with van der Waals surface area (Å²) in [5.74, 6) is 0.619. The van der Waals surface area contributed by atoms with Gasteiger partial charge < -0.3 is 5.32 Å². The van der Waals surface area contributed by atoms with Crippen molar-refractivity contribution < 1.29 is 13.2 Å². The van der Waals surface area contributed by atoms with Crippen LogP contribution in [0.3, 0.4) is 0 Å². The average molecular weight is 447 g/mol. The van der Waals surface area contributed by atoms with Gasteiger partial charge in [-0.05, 0) is 66.4 Å². The zero-order chi connectivity index (χ0) is 20.9. The number of sulfonamides is 1. The summed E-state index contributed by atoms with van der Waals surface area (Å²) in [7, 11) is -3.75. The maximum atomic E-state index is 12.6. The Balaban J connectivity index is 1.73. The summed E-state index contributed by atoms with van der Waals surface area (Å²) in [6, 6.07) is 19.8. The Morgan fingerprint density at radius 3 is 2.21 bits per heavy atom. The van der Waals surface area contributed by atoms with Crippen molar-refractivity contribution in [2.45, 2.75) is 16.7 Å². The van der Waals surface area contributed by atoms with E-state index in [0.29, 0.717) is 22.0 Å². The number of rotatable bonds is 7. The van der Waals surface area contributed by atoms with Gasteiger partial charge in [-0.2, -0.15) is 0 Å². The third kappa shape index (κ3) is 5.53. The van der Waals surface area contributed by atoms with Gasteiger partial charge in [0.1, 0.15) is 0 Å². The highest BCUT2D eigenvalue weighted by molar-refractivity contribution is 7.99. The molecule has 0 aliphatic heterocycles. The fourth-order valence-corrected chi connectivity index (χ4v) is 4.57. The first-order valence-electron chi connectivity index (χ1n) is 8.80. The summed E-state index contributed by atoms with van der Waals surface area (Å²) in [5.41, 5.74) is 1.51. The number of hydrogen-bond acceptors (Lipinski definition) is 4. The van der Waals surface area contributed by atoms with E-state index >= 15 is 0 Å². The smallest absolute Gasteiger partial charge is 0.261 e. The Morgan fingerprint density at radius 1 is 0.931 bits per heavy atom. The first-order chi connectivity index (χ1) is 13.9. The lowest BCUT2D eigenvalue weighted by molar-refractivity contribution is 0.102. The number of amides is 1. The molecule has 3 aromatic rings. The minimum atomic E-state index is -3.75. The molecule has 0 bridgehead atoms. The van der Waals surface area contributed by atoms with Crippen LogP contribution in [0.2, 0.25) is 5.02 Å². The molecule has 0 aliphatic carbocycles. The third-order valence-corrected chi connectivity index (χ3v) is 6.56. The molecule has 0 fully saturated rings. The Bertz CT molecular complexity index is 1100. The second kappa shape index (κ2) is 9.35. The van der Waals surface area contributed by atoms with Gasteiger partial charge in [0.2, 0.25) is 0 Å². The number of thioether (sulfide) groups is 1. The largest absolute Gasteiger partial charge is 0.322 e. The van der Waals surface area contributed by atoms with Crippen LogP contribution in [0, 0.1) is 0 Å². The quantitative estimate of drug-likeness (QED) is 0.469. The van der Waals surface area contributed by atoms with Gasteiger partial charge in [-0.3, -0.25) is 9.52 Å². The Labute approximate surface area is 179 Å². The molecule has 3 rings (SSSR count). The first kappa shape index (κ1) is 21.2. The Morgan fingerprint density at radius 2 is 1.55 bits per heavy atom. The molecular formula is C21H19ClN2O3S2. The minimum absolute atomic E-state index is 0.0902. The van der Waals surface area contributed by atoms with Gasteiger partial charge >= 0.3 is 0 Å². The molecular weight excluding hydrogens is 428 g/mol. The van der Waals surface area contributed by atoms with Crippen molar-refractivity contribution in [3.8, 4) is 0 Å². The number of halogens is 1. The van der Waals surface area contributed by atoms with Gasteiger partial charge in [-0.15, -0.1) is 11.8 Å². The van der Waals surface area contributed by atoms with Crippen molar-refractivity contribution in [1.29, 1.82) is 0 Å². The number of carbonyl (C=O) groups is 1. The monoisotopic (exact) mass is 446 g/mol. The molecule has 150 valence electrons. The van der Waals surface area contributed by atoms with Crippen LogP contribution < -0.4 is 10.0 Å². The van der Waals surface area contributed by atoms with Gasteiger partial charge in [0.15, 0.2) is 0 Å². The molecule has 0 aliphatic rings. The summed E-state index contributed by atoms with van der Waals surface area (Å²) in [4.78, 5) is 13.6. The van der Waals surface area contributed by atoms with Crippen LogP contribution in [0.5, 0.6) is 0 Å². The topological polar surface area (TPSA) is 75.3 Å². The van der Waals surface area contributed by atoms with Crippen molar-refractivity contribution in [3.63, 3.8) is 0 Å². The van der Waals surface area contributed by atoms with E-state index in [1.54, 1.807) is 54.2 Å². The summed E-state index contributed by atoms with van der Waals surface area (Å²) < 4.78 is 27.5. The van der Waals surface area contributed by atoms with Crippen molar-refractivity contribution in [2.24, 2.45) is 0 Å². The van der Waals surface area contributed by atoms with Crippen LogP contribution in [-0.2, 0) is 10.0 Å².